The fraction of sp³-hybridized carbons (Fsp3) is 0.222. The minimum absolute atomic E-state index is 0.0597. The summed E-state index contributed by atoms with van der Waals surface area (Å²) in [7, 11) is 1.59. The molecule has 2 aromatic carbocycles. The Morgan fingerprint density at radius 2 is 2.04 bits per heavy atom. The lowest BCUT2D eigenvalue weighted by Gasteiger charge is -2.08. The molecule has 0 unspecified atom stereocenters. The molecular weight excluding hydrogens is 358 g/mol. The summed E-state index contributed by atoms with van der Waals surface area (Å²) in [5.41, 5.74) is 3.78. The zero-order valence-electron chi connectivity index (χ0n) is 14.5. The highest BCUT2D eigenvalue weighted by molar-refractivity contribution is 6.32. The third kappa shape index (κ3) is 5.56. The van der Waals surface area contributed by atoms with Crippen molar-refractivity contribution in [2.24, 2.45) is 5.10 Å². The summed E-state index contributed by atoms with van der Waals surface area (Å²) in [5.74, 6) is 0.558. The van der Waals surface area contributed by atoms with Gasteiger partial charge in [-0.2, -0.15) is 5.10 Å². The van der Waals surface area contributed by atoms with E-state index in [2.05, 4.69) is 15.8 Å². The normalized spacial score (nSPS) is 10.6. The van der Waals surface area contributed by atoms with E-state index in [0.717, 1.165) is 11.4 Å². The van der Waals surface area contributed by atoms with Gasteiger partial charge in [0, 0.05) is 5.69 Å². The van der Waals surface area contributed by atoms with Crippen LogP contribution in [0.4, 0.5) is 5.69 Å². The van der Waals surface area contributed by atoms with Crippen LogP contribution >= 0.6 is 11.6 Å². The molecule has 0 aliphatic rings. The van der Waals surface area contributed by atoms with Crippen molar-refractivity contribution in [2.45, 2.75) is 6.92 Å². The van der Waals surface area contributed by atoms with Crippen LogP contribution in [0.3, 0.4) is 0 Å². The molecule has 2 rings (SSSR count). The van der Waals surface area contributed by atoms with E-state index < -0.39 is 0 Å². The van der Waals surface area contributed by atoms with Crippen LogP contribution in [0.2, 0.25) is 5.02 Å². The number of phenolic OH excluding ortho intramolecular Hbond substituents is 1. The monoisotopic (exact) mass is 377 g/mol. The molecule has 0 aromatic heterocycles. The van der Waals surface area contributed by atoms with E-state index in [1.807, 2.05) is 12.1 Å². The molecule has 3 N–H and O–H groups in total. The first-order valence-corrected chi connectivity index (χ1v) is 8.26. The molecule has 8 heteroatoms. The van der Waals surface area contributed by atoms with Gasteiger partial charge in [0.1, 0.15) is 5.75 Å². The van der Waals surface area contributed by atoms with Gasteiger partial charge in [-0.05, 0) is 48.9 Å². The van der Waals surface area contributed by atoms with Crippen molar-refractivity contribution in [2.75, 3.05) is 25.6 Å². The van der Waals surface area contributed by atoms with Crippen LogP contribution in [0.25, 0.3) is 0 Å². The van der Waals surface area contributed by atoms with Gasteiger partial charge in [0.2, 0.25) is 0 Å². The van der Waals surface area contributed by atoms with E-state index in [1.165, 1.54) is 12.3 Å². The van der Waals surface area contributed by atoms with Crippen LogP contribution in [-0.2, 0) is 4.79 Å². The number of benzene rings is 2. The lowest BCUT2D eigenvalue weighted by Crippen LogP contribution is -2.25. The molecule has 2 aromatic rings. The average molecular weight is 378 g/mol. The number of nitrogens with zero attached hydrogens (tertiary/aromatic N) is 1. The molecule has 0 fully saturated rings. The van der Waals surface area contributed by atoms with Gasteiger partial charge in [-0.25, -0.2) is 5.43 Å². The smallest absolute Gasteiger partial charge is 0.259 e. The Morgan fingerprint density at radius 1 is 1.31 bits per heavy atom. The number of carbonyl (C=O) groups is 1. The zero-order chi connectivity index (χ0) is 18.9. The number of aromatic hydroxyl groups is 1. The number of anilines is 1. The molecule has 0 bridgehead atoms. The Hall–Kier alpha value is -2.93. The van der Waals surface area contributed by atoms with Crippen molar-refractivity contribution in [1.82, 2.24) is 5.43 Å². The molecule has 0 spiro atoms. The van der Waals surface area contributed by atoms with Gasteiger partial charge in [0.15, 0.2) is 11.5 Å². The van der Waals surface area contributed by atoms with Crippen molar-refractivity contribution in [3.05, 3.63) is 47.0 Å². The van der Waals surface area contributed by atoms with Crippen LogP contribution in [-0.4, -0.2) is 37.5 Å². The highest BCUT2D eigenvalue weighted by Gasteiger charge is 2.08. The minimum Gasteiger partial charge on any atom is -0.503 e. The highest BCUT2D eigenvalue weighted by Crippen LogP contribution is 2.34. The first kappa shape index (κ1) is 19.4. The fourth-order valence-corrected chi connectivity index (χ4v) is 2.26. The first-order chi connectivity index (χ1) is 12.5. The number of nitrogens with one attached hydrogen (secondary N) is 2. The maximum Gasteiger partial charge on any atom is 0.259 e. The second-order valence-electron chi connectivity index (χ2n) is 5.16. The molecule has 1 amide bonds. The molecule has 0 aliphatic heterocycles. The van der Waals surface area contributed by atoms with Gasteiger partial charge < -0.3 is 19.9 Å². The lowest BCUT2D eigenvalue weighted by atomic mass is 10.2. The number of hydrazone groups is 1. The maximum absolute atomic E-state index is 11.8. The van der Waals surface area contributed by atoms with Crippen molar-refractivity contribution in [3.63, 3.8) is 0 Å². The number of amides is 1. The van der Waals surface area contributed by atoms with Gasteiger partial charge >= 0.3 is 0 Å². The predicted molar refractivity (Wildman–Crippen MR) is 102 cm³/mol. The Bertz CT molecular complexity index is 779. The quantitative estimate of drug-likeness (QED) is 0.486. The number of hydrogen-bond acceptors (Lipinski definition) is 6. The third-order valence-electron chi connectivity index (χ3n) is 3.30. The largest absolute Gasteiger partial charge is 0.503 e. The van der Waals surface area contributed by atoms with E-state index in [-0.39, 0.29) is 29.0 Å². The molecule has 26 heavy (non-hydrogen) atoms. The van der Waals surface area contributed by atoms with Gasteiger partial charge in [0.25, 0.3) is 5.91 Å². The van der Waals surface area contributed by atoms with E-state index in [1.54, 1.807) is 32.2 Å². The highest BCUT2D eigenvalue weighted by atomic mass is 35.5. The summed E-state index contributed by atoms with van der Waals surface area (Å²) in [5, 5.41) is 16.8. The van der Waals surface area contributed by atoms with Crippen LogP contribution in [0, 0.1) is 0 Å². The number of rotatable bonds is 8. The summed E-state index contributed by atoms with van der Waals surface area (Å²) in [6, 6.07) is 10.3. The molecule has 0 atom stereocenters. The summed E-state index contributed by atoms with van der Waals surface area (Å²) in [6.07, 6.45) is 1.42. The number of methoxy groups -OCH3 is 1. The number of carbonyl (C=O) groups excluding carboxylic acids is 1. The molecule has 138 valence electrons. The Morgan fingerprint density at radius 3 is 2.69 bits per heavy atom. The molecule has 0 radical (unpaired) electrons. The molecule has 0 heterocycles. The Kier molecular flexibility index (Phi) is 7.11. The number of hydrogen-bond donors (Lipinski definition) is 3. The second-order valence-corrected chi connectivity index (χ2v) is 5.56. The van der Waals surface area contributed by atoms with E-state index in [4.69, 9.17) is 21.1 Å². The maximum atomic E-state index is 11.8. The predicted octanol–water partition coefficient (Wildman–Crippen LogP) is 3.02. The lowest BCUT2D eigenvalue weighted by molar-refractivity contribution is -0.119. The van der Waals surface area contributed by atoms with Crippen molar-refractivity contribution >= 4 is 29.4 Å². The summed E-state index contributed by atoms with van der Waals surface area (Å²) in [6.45, 7) is 2.24. The summed E-state index contributed by atoms with van der Waals surface area (Å²) in [4.78, 5) is 11.8. The standard InChI is InChI=1S/C18H20ClN3O4/c1-3-26-16-9-12(8-15(19)18(16)24)10-21-22-17(23)11-20-13-4-6-14(25-2)7-5-13/h4-10,20,24H,3,11H2,1-2H3,(H,22,23). The summed E-state index contributed by atoms with van der Waals surface area (Å²) < 4.78 is 10.4. The van der Waals surface area contributed by atoms with Gasteiger partial charge in [-0.1, -0.05) is 11.6 Å². The number of ether oxygens (including phenoxy) is 2. The van der Waals surface area contributed by atoms with Gasteiger partial charge in [0.05, 0.1) is 31.5 Å². The molecule has 0 saturated heterocycles. The van der Waals surface area contributed by atoms with Crippen LogP contribution in [0.5, 0.6) is 17.2 Å². The SMILES string of the molecule is CCOc1cc(C=NNC(=O)CNc2ccc(OC)cc2)cc(Cl)c1O. The molecule has 0 saturated carbocycles. The van der Waals surface area contributed by atoms with Crippen molar-refractivity contribution < 1.29 is 19.4 Å². The Balaban J connectivity index is 1.88. The second kappa shape index (κ2) is 9.53. The van der Waals surface area contributed by atoms with Crippen LogP contribution in [0.15, 0.2) is 41.5 Å². The minimum atomic E-state index is -0.313. The molecular formula is C18H20ClN3O4. The first-order valence-electron chi connectivity index (χ1n) is 7.88. The van der Waals surface area contributed by atoms with E-state index in [9.17, 15) is 9.90 Å². The van der Waals surface area contributed by atoms with Crippen molar-refractivity contribution in [1.29, 1.82) is 0 Å². The Labute approximate surface area is 156 Å². The molecule has 0 aliphatic carbocycles. The van der Waals surface area contributed by atoms with Crippen LogP contribution in [0.1, 0.15) is 12.5 Å². The average Bonchev–Trinajstić information content (AvgIpc) is 2.64. The molecule has 7 nitrogen and oxygen atoms in total. The number of halogens is 1. The van der Waals surface area contributed by atoms with Crippen LogP contribution < -0.4 is 20.2 Å². The third-order valence-corrected chi connectivity index (χ3v) is 3.58. The van der Waals surface area contributed by atoms with E-state index in [0.29, 0.717) is 12.2 Å². The summed E-state index contributed by atoms with van der Waals surface area (Å²) >= 11 is 5.94. The van der Waals surface area contributed by atoms with E-state index >= 15 is 0 Å². The zero-order valence-corrected chi connectivity index (χ0v) is 15.2. The van der Waals surface area contributed by atoms with Gasteiger partial charge in [-0.15, -0.1) is 0 Å². The van der Waals surface area contributed by atoms with Gasteiger partial charge in [-0.3, -0.25) is 4.79 Å². The number of phenols is 1. The topological polar surface area (TPSA) is 92.2 Å². The van der Waals surface area contributed by atoms with Crippen molar-refractivity contribution in [3.8, 4) is 17.2 Å². The fourth-order valence-electron chi connectivity index (χ4n) is 2.04.